The third kappa shape index (κ3) is 9.01. The lowest BCUT2D eigenvalue weighted by atomic mass is 10.1. The van der Waals surface area contributed by atoms with Gasteiger partial charge in [0.1, 0.15) is 0 Å². The van der Waals surface area contributed by atoms with Gasteiger partial charge in [0.05, 0.1) is 9.40 Å². The van der Waals surface area contributed by atoms with Gasteiger partial charge in [0.25, 0.3) is 0 Å². The van der Waals surface area contributed by atoms with Crippen molar-refractivity contribution in [2.75, 3.05) is 0 Å². The molecule has 0 radical (unpaired) electrons. The van der Waals surface area contributed by atoms with Gasteiger partial charge in [-0.3, -0.25) is 24.9 Å². The number of rotatable bonds is 0. The molecule has 0 unspecified atom stereocenters. The van der Waals surface area contributed by atoms with E-state index in [2.05, 4.69) is 186 Å². The maximum atomic E-state index is 4.34. The molecule has 0 atom stereocenters. The summed E-state index contributed by atoms with van der Waals surface area (Å²) in [4.78, 5) is 21.2. The predicted octanol–water partition coefficient (Wildman–Crippen LogP) is 18.8. The maximum absolute atomic E-state index is 4.34. The van der Waals surface area contributed by atoms with Gasteiger partial charge in [-0.15, -0.1) is 56.7 Å². The molecule has 0 bridgehead atoms. The maximum Gasteiger partial charge on any atom is 0.0538 e. The first kappa shape index (κ1) is 45.4. The van der Waals surface area contributed by atoms with E-state index in [1.54, 1.807) is 0 Å². The van der Waals surface area contributed by atoms with Crippen LogP contribution < -0.4 is 0 Å². The van der Waals surface area contributed by atoms with Gasteiger partial charge < -0.3 is 0 Å². The number of pyridine rings is 5. The highest BCUT2D eigenvalue weighted by molar-refractivity contribution is 7.27. The van der Waals surface area contributed by atoms with E-state index in [0.717, 1.165) is 11.4 Å². The molecule has 15 rings (SSSR count). The predicted molar refractivity (Wildman–Crippen MR) is 309 cm³/mol. The summed E-state index contributed by atoms with van der Waals surface area (Å²) < 4.78 is 13.3. The van der Waals surface area contributed by atoms with Crippen LogP contribution in [0.15, 0.2) is 183 Å². The van der Waals surface area contributed by atoms with Gasteiger partial charge in [-0.2, -0.15) is 0 Å². The number of hydrogen-bond acceptors (Lipinski definition) is 10. The number of fused-ring (bicyclic) bond motifs is 15. The Morgan fingerprint density at radius 3 is 1.64 bits per heavy atom. The summed E-state index contributed by atoms with van der Waals surface area (Å²) in [6, 6.07) is 46.9. The van der Waals surface area contributed by atoms with Crippen LogP contribution in [-0.2, 0) is 0 Å². The Hall–Kier alpha value is -7.05. The lowest BCUT2D eigenvalue weighted by Crippen LogP contribution is -1.78. The Morgan fingerprint density at radius 1 is 0.314 bits per heavy atom. The lowest BCUT2D eigenvalue weighted by molar-refractivity contribution is 1.23. The number of nitrogens with zero attached hydrogens (tertiary/aromatic N) is 5. The highest BCUT2D eigenvalue weighted by Gasteiger charge is 2.09. The highest BCUT2D eigenvalue weighted by atomic mass is 32.1. The van der Waals surface area contributed by atoms with Crippen LogP contribution in [0.25, 0.3) is 101 Å². The van der Waals surface area contributed by atoms with Crippen LogP contribution in [0.3, 0.4) is 0 Å². The minimum Gasteiger partial charge on any atom is -0.264 e. The zero-order valence-corrected chi connectivity index (χ0v) is 43.2. The Kier molecular flexibility index (Phi) is 12.8. The fourth-order valence-corrected chi connectivity index (χ4v) is 14.6. The summed E-state index contributed by atoms with van der Waals surface area (Å²) in [5.41, 5.74) is 6.15. The van der Waals surface area contributed by atoms with E-state index in [0.29, 0.717) is 0 Å². The molecular formula is C60H45N5S5. The molecule has 0 aliphatic carbocycles. The number of aryl methyl sites for hydroxylation is 5. The number of aromatic nitrogens is 5. The van der Waals surface area contributed by atoms with Gasteiger partial charge >= 0.3 is 0 Å². The average Bonchev–Trinajstić information content (AvgIpc) is 4.21. The van der Waals surface area contributed by atoms with Crippen LogP contribution in [0.4, 0.5) is 0 Å². The smallest absolute Gasteiger partial charge is 0.0538 e. The van der Waals surface area contributed by atoms with Crippen LogP contribution in [-0.4, -0.2) is 24.9 Å². The first-order valence-corrected chi connectivity index (χ1v) is 27.0. The zero-order valence-electron chi connectivity index (χ0n) is 39.1. The Balaban J connectivity index is 0.0000000952. The minimum absolute atomic E-state index is 1.09. The van der Waals surface area contributed by atoms with Gasteiger partial charge in [-0.1, -0.05) is 84.9 Å². The SMILES string of the molecule is Cc1cc2sc3ccccc3c2cn1.Cc1ccc2c(c1)sc1cnccc12.Cc1cccc2c1sc1cnccc12.Cc1cncc2c1sc1ccccc12.Cc1nccc2sc3ccccc3c12. The molecule has 15 aromatic rings. The first-order valence-electron chi connectivity index (χ1n) is 22.9. The highest BCUT2D eigenvalue weighted by Crippen LogP contribution is 2.38. The first-order chi connectivity index (χ1) is 34.3. The second-order valence-corrected chi connectivity index (χ2v) is 22.5. The van der Waals surface area contributed by atoms with Gasteiger partial charge in [-0.05, 0) is 99.8 Å². The van der Waals surface area contributed by atoms with Crippen LogP contribution in [0.2, 0.25) is 0 Å². The number of hydrogen-bond donors (Lipinski definition) is 0. The third-order valence-corrected chi connectivity index (χ3v) is 18.3. The summed E-state index contributed by atoms with van der Waals surface area (Å²) in [6.07, 6.45) is 15.3. The molecular weight excluding hydrogens is 951 g/mol. The fraction of sp³-hybridized carbons (Fsp3) is 0.0833. The van der Waals surface area contributed by atoms with Crippen molar-refractivity contribution in [3.63, 3.8) is 0 Å². The van der Waals surface area contributed by atoms with Crippen molar-refractivity contribution < 1.29 is 0 Å². The molecule has 0 aliphatic heterocycles. The van der Waals surface area contributed by atoms with Gasteiger partial charge in [-0.25, -0.2) is 0 Å². The van der Waals surface area contributed by atoms with Crippen molar-refractivity contribution in [3.8, 4) is 0 Å². The average molecular weight is 996 g/mol. The standard InChI is InChI=1S/5C12H9NS/c1-8-2-3-9-10-4-5-13-7-12(10)14-11(9)6-8;1-8-3-2-4-10-9-5-6-13-7-11(9)14-12(8)10;1-8-6-13-7-10-9-4-2-3-5-11(9)14-12(8)10;1-8-6-12-10(7-13-8)9-4-2-3-5-11(9)14-12;1-8-12-9-4-2-3-5-10(9)14-11(12)6-7-13-8/h5*2-7H,1H3. The topological polar surface area (TPSA) is 64.5 Å². The second kappa shape index (κ2) is 19.7. The van der Waals surface area contributed by atoms with E-state index in [1.165, 1.54) is 118 Å². The molecule has 70 heavy (non-hydrogen) atoms. The van der Waals surface area contributed by atoms with Crippen molar-refractivity contribution in [2.45, 2.75) is 34.6 Å². The Labute approximate surface area is 425 Å². The summed E-state index contributed by atoms with van der Waals surface area (Å²) in [5.74, 6) is 0. The monoisotopic (exact) mass is 995 g/mol. The van der Waals surface area contributed by atoms with Crippen molar-refractivity contribution in [3.05, 3.63) is 211 Å². The van der Waals surface area contributed by atoms with Crippen molar-refractivity contribution >= 4 is 158 Å². The molecule has 5 aromatic carbocycles. The molecule has 5 nitrogen and oxygen atoms in total. The molecule has 10 heteroatoms. The largest absolute Gasteiger partial charge is 0.264 e. The van der Waals surface area contributed by atoms with Crippen LogP contribution in [0, 0.1) is 34.6 Å². The summed E-state index contributed by atoms with van der Waals surface area (Å²) in [6.45, 7) is 10.5. The summed E-state index contributed by atoms with van der Waals surface area (Å²) >= 11 is 9.16. The fourth-order valence-electron chi connectivity index (χ4n) is 8.86. The van der Waals surface area contributed by atoms with E-state index in [1.807, 2.05) is 113 Å². The van der Waals surface area contributed by atoms with Crippen LogP contribution in [0.5, 0.6) is 0 Å². The molecule has 0 fully saturated rings. The summed E-state index contributed by atoms with van der Waals surface area (Å²) in [5, 5.41) is 13.2. The van der Waals surface area contributed by atoms with E-state index in [4.69, 9.17) is 0 Å². The molecule has 340 valence electrons. The van der Waals surface area contributed by atoms with Crippen LogP contribution >= 0.6 is 56.7 Å². The van der Waals surface area contributed by atoms with E-state index >= 15 is 0 Å². The lowest BCUT2D eigenvalue weighted by Gasteiger charge is -1.94. The molecule has 0 N–H and O–H groups in total. The summed E-state index contributed by atoms with van der Waals surface area (Å²) in [7, 11) is 0. The van der Waals surface area contributed by atoms with Crippen molar-refractivity contribution in [1.29, 1.82) is 0 Å². The molecule has 0 spiro atoms. The number of thiophene rings is 5. The van der Waals surface area contributed by atoms with Gasteiger partial charge in [0.2, 0.25) is 0 Å². The van der Waals surface area contributed by atoms with Crippen molar-refractivity contribution in [2.24, 2.45) is 0 Å². The van der Waals surface area contributed by atoms with Crippen molar-refractivity contribution in [1.82, 2.24) is 24.9 Å². The van der Waals surface area contributed by atoms with E-state index in [9.17, 15) is 0 Å². The Bertz CT molecular complexity index is 4110. The molecule has 0 aliphatic rings. The van der Waals surface area contributed by atoms with Crippen LogP contribution in [0.1, 0.15) is 28.1 Å². The minimum atomic E-state index is 1.09. The molecule has 0 amide bonds. The quantitative estimate of drug-likeness (QED) is 0.151. The van der Waals surface area contributed by atoms with Gasteiger partial charge in [0.15, 0.2) is 0 Å². The normalized spacial score (nSPS) is 11.2. The number of benzene rings is 5. The zero-order chi connectivity index (χ0) is 47.7. The molecule has 0 saturated heterocycles. The van der Waals surface area contributed by atoms with Gasteiger partial charge in [0, 0.05) is 152 Å². The second-order valence-electron chi connectivity index (χ2n) is 17.1. The molecule has 0 saturated carbocycles. The third-order valence-electron chi connectivity index (χ3n) is 12.3. The van der Waals surface area contributed by atoms with E-state index in [-0.39, 0.29) is 0 Å². The molecule has 10 heterocycles. The van der Waals surface area contributed by atoms with E-state index < -0.39 is 0 Å². The molecule has 10 aromatic heterocycles. The Morgan fingerprint density at radius 2 is 0.871 bits per heavy atom.